The summed E-state index contributed by atoms with van der Waals surface area (Å²) in [6.45, 7) is 7.25. The molecule has 1 aromatic heterocycles. The first kappa shape index (κ1) is 40.9. The summed E-state index contributed by atoms with van der Waals surface area (Å²) in [5.41, 5.74) is -0.754. The second-order valence-corrected chi connectivity index (χ2v) is 16.4. The fourth-order valence-electron chi connectivity index (χ4n) is 6.55. The van der Waals surface area contributed by atoms with Crippen LogP contribution in [-0.2, 0) is 35.0 Å². The van der Waals surface area contributed by atoms with Gasteiger partial charge in [-0.2, -0.15) is 0 Å². The fraction of sp³-hybridized carbons (Fsp3) is 0.514. The number of carbonyl (C=O) groups is 3. The topological polar surface area (TPSA) is 152 Å². The smallest absolute Gasteiger partial charge is 0.409 e. The number of amides is 2. The lowest BCUT2D eigenvalue weighted by Crippen LogP contribution is -2.63. The Hall–Kier alpha value is -3.31. The molecule has 0 radical (unpaired) electrons. The van der Waals surface area contributed by atoms with Crippen molar-refractivity contribution in [2.75, 3.05) is 33.2 Å². The van der Waals surface area contributed by atoms with Gasteiger partial charge in [0, 0.05) is 32.7 Å². The van der Waals surface area contributed by atoms with E-state index in [0.29, 0.717) is 17.9 Å². The number of epoxide rings is 1. The van der Waals surface area contributed by atoms with Crippen LogP contribution in [0, 0.1) is 5.92 Å². The van der Waals surface area contributed by atoms with E-state index in [1.807, 2.05) is 50.3 Å². The van der Waals surface area contributed by atoms with Gasteiger partial charge in [0.05, 0.1) is 25.3 Å². The van der Waals surface area contributed by atoms with Gasteiger partial charge in [-0.3, -0.25) is 14.9 Å². The van der Waals surface area contributed by atoms with E-state index in [4.69, 9.17) is 35.3 Å². The number of hydrogen-bond donors (Lipinski definition) is 2. The predicted octanol–water partition coefficient (Wildman–Crippen LogP) is 5.74. The monoisotopic (exact) mass is 790 g/mol. The highest BCUT2D eigenvalue weighted by Gasteiger charge is 2.64. The van der Waals surface area contributed by atoms with E-state index >= 15 is 0 Å². The van der Waals surface area contributed by atoms with Crippen molar-refractivity contribution < 1.29 is 43.2 Å². The van der Waals surface area contributed by atoms with Crippen molar-refractivity contribution in [3.8, 4) is 5.75 Å². The normalized spacial score (nSPS) is 31.3. The number of likely N-dealkylation sites (N-methyl/N-ethyl adjacent to an activating group) is 1. The molecule has 1 aromatic carbocycles. The Balaban J connectivity index is 1.49. The zero-order chi connectivity index (χ0) is 38.7. The van der Waals surface area contributed by atoms with E-state index in [1.165, 1.54) is 40.9 Å². The number of allylic oxidation sites excluding steroid dienone is 3. The molecule has 2 fully saturated rings. The van der Waals surface area contributed by atoms with Crippen LogP contribution in [0.15, 0.2) is 65.4 Å². The number of ether oxygens (including phenoxy) is 5. The average Bonchev–Trinajstić information content (AvgIpc) is 3.83. The van der Waals surface area contributed by atoms with E-state index in [2.05, 4.69) is 10.3 Å². The molecule has 3 aliphatic rings. The van der Waals surface area contributed by atoms with Gasteiger partial charge in [-0.05, 0) is 85.8 Å². The first-order valence-corrected chi connectivity index (χ1v) is 19.7. The minimum atomic E-state index is -1.80. The molecule has 4 bridgehead atoms. The number of aliphatic hydroxyl groups is 1. The van der Waals surface area contributed by atoms with E-state index in [1.54, 1.807) is 50.6 Å². The summed E-state index contributed by atoms with van der Waals surface area (Å²) in [5, 5.41) is 15.3. The summed E-state index contributed by atoms with van der Waals surface area (Å²) in [6, 6.07) is 8.49. The molecule has 2 amide bonds. The summed E-state index contributed by atoms with van der Waals surface area (Å²) >= 11 is 6.78. The predicted molar refractivity (Wildman–Crippen MR) is 204 cm³/mol. The fourth-order valence-corrected chi connectivity index (χ4v) is 8.78. The van der Waals surface area contributed by atoms with Crippen LogP contribution < -0.4 is 15.0 Å². The summed E-state index contributed by atoms with van der Waals surface area (Å²) in [6.07, 6.45) is 3.00. The summed E-state index contributed by atoms with van der Waals surface area (Å²) in [5.74, 6) is -1.04. The number of anilines is 1. The molecule has 0 aliphatic carbocycles. The quantitative estimate of drug-likeness (QED) is 0.145. The number of methoxy groups -OCH3 is 2. The number of fused-ring (bicyclic) bond motifs is 5. The van der Waals surface area contributed by atoms with Gasteiger partial charge in [-0.1, -0.05) is 48.4 Å². The second-order valence-electron chi connectivity index (χ2n) is 13.8. The Morgan fingerprint density at radius 3 is 2.70 bits per heavy atom. The van der Waals surface area contributed by atoms with Crippen LogP contribution in [0.5, 0.6) is 5.75 Å². The molecule has 4 heterocycles. The highest BCUT2D eigenvalue weighted by Crippen LogP contribution is 2.49. The van der Waals surface area contributed by atoms with Crippen LogP contribution in [0.1, 0.15) is 46.1 Å². The van der Waals surface area contributed by atoms with Crippen molar-refractivity contribution >= 4 is 57.0 Å². The first-order valence-electron chi connectivity index (χ1n) is 17.2. The Morgan fingerprint density at radius 1 is 1.26 bits per heavy atom. The van der Waals surface area contributed by atoms with Crippen LogP contribution in [0.2, 0.25) is 5.02 Å². The molecule has 53 heavy (non-hydrogen) atoms. The van der Waals surface area contributed by atoms with Gasteiger partial charge in [-0.15, -0.1) is 0 Å². The number of carbonyl (C=O) groups excluding carboxylic acids is 3. The summed E-state index contributed by atoms with van der Waals surface area (Å²) < 4.78 is 31.1. The molecule has 8 atom stereocenters. The lowest BCUT2D eigenvalue weighted by atomic mass is 9.83. The SMILES string of the molecule is COc1cc2cc(c1Cl)N(C)C(=O)CC(OC(=O)C(C)N(C)SSc1ccccn1)C1(C)OC1C(C)C1CC(O)(NC(=O)O1)C(OC)/C=C/C=C(\C)C2. The average molecular weight is 791 g/mol. The number of aromatic nitrogens is 1. The van der Waals surface area contributed by atoms with Crippen molar-refractivity contribution in [1.29, 1.82) is 0 Å². The van der Waals surface area contributed by atoms with E-state index in [0.717, 1.165) is 16.2 Å². The molecular weight excluding hydrogens is 744 g/mol. The maximum absolute atomic E-state index is 14.2. The van der Waals surface area contributed by atoms with Gasteiger partial charge < -0.3 is 33.7 Å². The van der Waals surface area contributed by atoms with Crippen LogP contribution >= 0.6 is 33.4 Å². The minimum absolute atomic E-state index is 0.0232. The van der Waals surface area contributed by atoms with E-state index in [-0.39, 0.29) is 23.8 Å². The largest absolute Gasteiger partial charge is 0.495 e. The van der Waals surface area contributed by atoms with Crippen molar-refractivity contribution in [1.82, 2.24) is 14.6 Å². The van der Waals surface area contributed by atoms with E-state index < -0.39 is 59.8 Å². The number of esters is 1. The maximum Gasteiger partial charge on any atom is 0.409 e. The third-order valence-electron chi connectivity index (χ3n) is 9.97. The van der Waals surface area contributed by atoms with Gasteiger partial charge >= 0.3 is 12.1 Å². The Kier molecular flexibility index (Phi) is 13.1. The number of nitrogens with zero attached hydrogens (tertiary/aromatic N) is 3. The van der Waals surface area contributed by atoms with Crippen molar-refractivity contribution in [2.24, 2.45) is 5.92 Å². The molecule has 0 spiro atoms. The lowest BCUT2D eigenvalue weighted by molar-refractivity contribution is -0.157. The molecule has 0 saturated carbocycles. The van der Waals surface area contributed by atoms with Crippen molar-refractivity contribution in [3.63, 3.8) is 0 Å². The highest BCUT2D eigenvalue weighted by molar-refractivity contribution is 8.75. The number of pyridine rings is 1. The Bertz CT molecular complexity index is 1740. The molecule has 2 aromatic rings. The Morgan fingerprint density at radius 2 is 2.02 bits per heavy atom. The number of rotatable bonds is 8. The first-order chi connectivity index (χ1) is 25.1. The Labute approximate surface area is 323 Å². The van der Waals surface area contributed by atoms with Crippen LogP contribution in [0.25, 0.3) is 0 Å². The molecule has 2 N–H and O–H groups in total. The van der Waals surface area contributed by atoms with Gasteiger partial charge in [0.25, 0.3) is 0 Å². The van der Waals surface area contributed by atoms with Gasteiger partial charge in [0.1, 0.15) is 45.8 Å². The zero-order valence-electron chi connectivity index (χ0n) is 31.0. The number of alkyl carbamates (subject to hydrolysis) is 1. The number of nitrogens with one attached hydrogen (secondary N) is 1. The molecule has 5 rings (SSSR count). The number of benzene rings is 1. The zero-order valence-corrected chi connectivity index (χ0v) is 33.4. The minimum Gasteiger partial charge on any atom is -0.495 e. The standard InChI is InChI=1S/C37H47ClN4O9S2/c1-21-12-11-13-28(48-8)37(46)20-27(49-35(45)40-37)22(2)33-36(4,51-33)29(50-34(44)23(3)42(6)53-52-30-14-9-10-15-39-30)19-31(43)41(5)25-17-24(16-21)18-26(47-7)32(25)38/h9-15,17-18,22-23,27-29,33,46H,16,19-20H2,1-8H3,(H,40,45)/b13-11+,21-12+. The lowest BCUT2D eigenvalue weighted by Gasteiger charge is -2.42. The molecule has 16 heteroatoms. The summed E-state index contributed by atoms with van der Waals surface area (Å²) in [4.78, 5) is 46.5. The number of halogens is 1. The molecule has 288 valence electrons. The van der Waals surface area contributed by atoms with E-state index in [9.17, 15) is 19.5 Å². The third kappa shape index (κ3) is 9.32. The molecule has 8 unspecified atom stereocenters. The molecule has 2 saturated heterocycles. The molecule has 3 aliphatic heterocycles. The third-order valence-corrected chi connectivity index (χ3v) is 12.8. The number of hydrogen-bond acceptors (Lipinski definition) is 13. The van der Waals surface area contributed by atoms with Gasteiger partial charge in [0.2, 0.25) is 5.91 Å². The highest BCUT2D eigenvalue weighted by atomic mass is 35.5. The van der Waals surface area contributed by atoms with Crippen LogP contribution in [0.3, 0.4) is 0 Å². The van der Waals surface area contributed by atoms with Crippen molar-refractivity contribution in [3.05, 3.63) is 70.9 Å². The van der Waals surface area contributed by atoms with Crippen LogP contribution in [0.4, 0.5) is 10.5 Å². The molecular formula is C37H47ClN4O9S2. The summed E-state index contributed by atoms with van der Waals surface area (Å²) in [7, 11) is 9.06. The van der Waals surface area contributed by atoms with Gasteiger partial charge in [-0.25, -0.2) is 14.1 Å². The van der Waals surface area contributed by atoms with Crippen LogP contribution in [-0.4, -0.2) is 102 Å². The van der Waals surface area contributed by atoms with Crippen molar-refractivity contribution in [2.45, 2.75) is 93.8 Å². The maximum atomic E-state index is 14.2. The molecule has 13 nitrogen and oxygen atoms in total. The second kappa shape index (κ2) is 17.0. The van der Waals surface area contributed by atoms with Gasteiger partial charge in [0.15, 0.2) is 5.72 Å².